The van der Waals surface area contributed by atoms with E-state index in [1.807, 2.05) is 0 Å². The van der Waals surface area contributed by atoms with Gasteiger partial charge in [-0.2, -0.15) is 0 Å². The molecule has 6 aromatic rings. The number of furan rings is 1. The monoisotopic (exact) mass is 480 g/mol. The second-order valence-corrected chi connectivity index (χ2v) is 8.36. The van der Waals surface area contributed by atoms with Crippen LogP contribution in [0.4, 0.5) is 0 Å². The smallest absolute Gasteiger partial charge is 0.348 e. The largest absolute Gasteiger partial charge is 0.506 e. The fourth-order valence-electron chi connectivity index (χ4n) is 4.69. The highest BCUT2D eigenvalue weighted by molar-refractivity contribution is 6.11. The third kappa shape index (κ3) is 2.88. The molecule has 0 spiro atoms. The molecule has 0 saturated carbocycles. The molecule has 0 amide bonds. The van der Waals surface area contributed by atoms with E-state index in [1.165, 1.54) is 0 Å². The van der Waals surface area contributed by atoms with Gasteiger partial charge in [0.1, 0.15) is 46.8 Å². The van der Waals surface area contributed by atoms with Crippen molar-refractivity contribution in [3.63, 3.8) is 0 Å². The zero-order valence-electron chi connectivity index (χ0n) is 18.6. The van der Waals surface area contributed by atoms with Crippen LogP contribution in [-0.4, -0.2) is 18.3 Å². The van der Waals surface area contributed by atoms with E-state index in [0.29, 0.717) is 46.6 Å². The van der Waals surface area contributed by atoms with Gasteiger partial charge >= 0.3 is 11.3 Å². The number of hydrogen-bond donors (Lipinski definition) is 1. The highest BCUT2D eigenvalue weighted by Gasteiger charge is 2.29. The number of ether oxygens (including phenoxy) is 2. The average molecular weight is 480 g/mol. The van der Waals surface area contributed by atoms with Crippen LogP contribution in [0.2, 0.25) is 0 Å². The molecule has 0 saturated heterocycles. The molecule has 7 rings (SSSR count). The van der Waals surface area contributed by atoms with Crippen LogP contribution in [0.3, 0.4) is 0 Å². The van der Waals surface area contributed by atoms with Gasteiger partial charge < -0.3 is 27.8 Å². The van der Waals surface area contributed by atoms with Crippen molar-refractivity contribution in [1.82, 2.24) is 0 Å². The molecule has 0 unspecified atom stereocenters. The Morgan fingerprint density at radius 2 is 1.33 bits per heavy atom. The average Bonchev–Trinajstić information content (AvgIpc) is 3.30. The van der Waals surface area contributed by atoms with E-state index in [2.05, 4.69) is 0 Å². The molecule has 1 aliphatic heterocycles. The standard InChI is InChI=1S/C28H16O8/c29-24-15-5-1-3-7-17(15)34-27(30)22(24)21-23-26(16-6-2-4-8-18(16)35-28(23)31)36-25(21)14-9-10-19-20(13-14)33-12-11-32-19/h1-10,13,29H,11-12H2. The lowest BCUT2D eigenvalue weighted by molar-refractivity contribution is 0.171. The molecule has 0 bridgehead atoms. The molecule has 4 heterocycles. The minimum absolute atomic E-state index is 0.0245. The number of fused-ring (bicyclic) bond motifs is 5. The van der Waals surface area contributed by atoms with E-state index >= 15 is 0 Å². The Labute approximate surface area is 201 Å². The van der Waals surface area contributed by atoms with Crippen LogP contribution in [0.15, 0.2) is 89.6 Å². The van der Waals surface area contributed by atoms with Gasteiger partial charge in [0.15, 0.2) is 17.1 Å². The Morgan fingerprint density at radius 3 is 2.14 bits per heavy atom. The summed E-state index contributed by atoms with van der Waals surface area (Å²) < 4.78 is 28.7. The maximum absolute atomic E-state index is 13.3. The van der Waals surface area contributed by atoms with Crippen LogP contribution < -0.4 is 20.7 Å². The summed E-state index contributed by atoms with van der Waals surface area (Å²) in [5, 5.41) is 12.1. The van der Waals surface area contributed by atoms with E-state index in [9.17, 15) is 14.7 Å². The first-order valence-electron chi connectivity index (χ1n) is 11.2. The number of hydrogen-bond acceptors (Lipinski definition) is 8. The van der Waals surface area contributed by atoms with E-state index in [-0.39, 0.29) is 39.2 Å². The number of aromatic hydroxyl groups is 1. The molecule has 3 aromatic carbocycles. The van der Waals surface area contributed by atoms with Crippen LogP contribution in [0.25, 0.3) is 55.4 Å². The lowest BCUT2D eigenvalue weighted by atomic mass is 9.98. The van der Waals surface area contributed by atoms with Crippen LogP contribution in [-0.2, 0) is 0 Å². The maximum atomic E-state index is 13.3. The van der Waals surface area contributed by atoms with Crippen molar-refractivity contribution >= 4 is 32.9 Å². The molecule has 3 aromatic heterocycles. The van der Waals surface area contributed by atoms with E-state index in [0.717, 1.165) is 0 Å². The lowest BCUT2D eigenvalue weighted by Gasteiger charge is -2.18. The highest BCUT2D eigenvalue weighted by atomic mass is 16.6. The molecular formula is C28H16O8. The SMILES string of the molecule is O=c1oc2ccccc2c(O)c1-c1c(-c2ccc3c(c2)OCCO3)oc2c1c(=O)oc1ccccc12. The topological polar surface area (TPSA) is 112 Å². The first-order valence-corrected chi connectivity index (χ1v) is 11.2. The van der Waals surface area contributed by atoms with Crippen molar-refractivity contribution in [2.45, 2.75) is 0 Å². The second-order valence-electron chi connectivity index (χ2n) is 8.36. The molecule has 176 valence electrons. The summed E-state index contributed by atoms with van der Waals surface area (Å²) in [4.78, 5) is 26.5. The summed E-state index contributed by atoms with van der Waals surface area (Å²) in [5.41, 5.74) is -0.347. The predicted molar refractivity (Wildman–Crippen MR) is 132 cm³/mol. The van der Waals surface area contributed by atoms with Crippen molar-refractivity contribution in [2.24, 2.45) is 0 Å². The van der Waals surface area contributed by atoms with Gasteiger partial charge in [0.05, 0.1) is 16.3 Å². The number of benzene rings is 3. The first kappa shape index (κ1) is 20.4. The summed E-state index contributed by atoms with van der Waals surface area (Å²) in [7, 11) is 0. The normalized spacial score (nSPS) is 13.0. The van der Waals surface area contributed by atoms with Crippen LogP contribution in [0.5, 0.6) is 17.2 Å². The predicted octanol–water partition coefficient (Wildman–Crippen LogP) is 5.46. The van der Waals surface area contributed by atoms with Gasteiger partial charge in [0.2, 0.25) is 0 Å². The van der Waals surface area contributed by atoms with Crippen LogP contribution in [0.1, 0.15) is 0 Å². The number of para-hydroxylation sites is 2. The zero-order chi connectivity index (χ0) is 24.4. The molecule has 0 radical (unpaired) electrons. The molecule has 0 atom stereocenters. The van der Waals surface area contributed by atoms with Gasteiger partial charge in [-0.05, 0) is 42.5 Å². The maximum Gasteiger partial charge on any atom is 0.348 e. The Morgan fingerprint density at radius 1 is 0.667 bits per heavy atom. The molecule has 0 aliphatic carbocycles. The van der Waals surface area contributed by atoms with Crippen molar-refractivity contribution in [3.8, 4) is 39.7 Å². The van der Waals surface area contributed by atoms with Crippen LogP contribution in [0, 0.1) is 0 Å². The van der Waals surface area contributed by atoms with Gasteiger partial charge in [-0.3, -0.25) is 0 Å². The van der Waals surface area contributed by atoms with Crippen molar-refractivity contribution in [2.75, 3.05) is 13.2 Å². The van der Waals surface area contributed by atoms with Gasteiger partial charge in [0.25, 0.3) is 0 Å². The molecule has 8 heteroatoms. The second kappa shape index (κ2) is 7.51. The third-order valence-electron chi connectivity index (χ3n) is 6.29. The Bertz CT molecular complexity index is 1960. The lowest BCUT2D eigenvalue weighted by Crippen LogP contribution is -2.15. The molecule has 1 aliphatic rings. The molecule has 1 N–H and O–H groups in total. The van der Waals surface area contributed by atoms with Crippen molar-refractivity contribution in [1.29, 1.82) is 0 Å². The molecule has 8 nitrogen and oxygen atoms in total. The summed E-state index contributed by atoms with van der Waals surface area (Å²) in [6, 6.07) is 18.7. The van der Waals surface area contributed by atoms with Crippen LogP contribution >= 0.6 is 0 Å². The molecule has 0 fully saturated rings. The minimum Gasteiger partial charge on any atom is -0.506 e. The zero-order valence-corrected chi connectivity index (χ0v) is 18.6. The quantitative estimate of drug-likeness (QED) is 0.325. The van der Waals surface area contributed by atoms with Gasteiger partial charge in [-0.25, -0.2) is 9.59 Å². The summed E-state index contributed by atoms with van der Waals surface area (Å²) in [6.45, 7) is 0.813. The van der Waals surface area contributed by atoms with Gasteiger partial charge in [-0.15, -0.1) is 0 Å². The fraction of sp³-hybridized carbons (Fsp3) is 0.0714. The molecule has 36 heavy (non-hydrogen) atoms. The highest BCUT2D eigenvalue weighted by Crippen LogP contribution is 2.46. The van der Waals surface area contributed by atoms with Crippen molar-refractivity contribution in [3.05, 3.63) is 87.6 Å². The number of rotatable bonds is 2. The first-order chi connectivity index (χ1) is 17.6. The van der Waals surface area contributed by atoms with E-state index in [1.54, 1.807) is 66.7 Å². The Balaban J connectivity index is 1.65. The Kier molecular flexibility index (Phi) is 4.26. The van der Waals surface area contributed by atoms with E-state index in [4.69, 9.17) is 22.7 Å². The summed E-state index contributed by atoms with van der Waals surface area (Å²) in [6.07, 6.45) is 0. The van der Waals surface area contributed by atoms with Gasteiger partial charge in [-0.1, -0.05) is 24.3 Å². The molecular weight excluding hydrogens is 464 g/mol. The minimum atomic E-state index is -0.819. The summed E-state index contributed by atoms with van der Waals surface area (Å²) >= 11 is 0. The fourth-order valence-corrected chi connectivity index (χ4v) is 4.69. The van der Waals surface area contributed by atoms with Gasteiger partial charge in [0, 0.05) is 5.56 Å². The third-order valence-corrected chi connectivity index (χ3v) is 6.29. The van der Waals surface area contributed by atoms with Crippen molar-refractivity contribution < 1.29 is 27.8 Å². The summed E-state index contributed by atoms with van der Waals surface area (Å²) in [5.74, 6) is 0.928. The van der Waals surface area contributed by atoms with E-state index < -0.39 is 11.3 Å². The Hall–Kier alpha value is -4.98.